The van der Waals surface area contributed by atoms with E-state index in [-0.39, 0.29) is 38.7 Å². The van der Waals surface area contributed by atoms with Crippen molar-refractivity contribution in [3.05, 3.63) is 51.4 Å². The van der Waals surface area contributed by atoms with Crippen molar-refractivity contribution >= 4 is 40.7 Å². The lowest BCUT2D eigenvalue weighted by Gasteiger charge is -2.29. The van der Waals surface area contributed by atoms with Crippen molar-refractivity contribution in [3.63, 3.8) is 0 Å². The summed E-state index contributed by atoms with van der Waals surface area (Å²) in [6.45, 7) is 0. The largest absolute Gasteiger partial charge is 0.507 e. The minimum atomic E-state index is -0.859. The van der Waals surface area contributed by atoms with E-state index in [0.29, 0.717) is 5.76 Å². The van der Waals surface area contributed by atoms with Crippen molar-refractivity contribution in [1.29, 1.82) is 0 Å². The molecule has 1 aliphatic heterocycles. The van der Waals surface area contributed by atoms with E-state index in [0.717, 1.165) is 25.7 Å². The van der Waals surface area contributed by atoms with E-state index >= 15 is 0 Å². The van der Waals surface area contributed by atoms with Crippen LogP contribution in [0.2, 0.25) is 10.0 Å². The van der Waals surface area contributed by atoms with Crippen molar-refractivity contribution in [2.75, 3.05) is 14.2 Å². The lowest BCUT2D eigenvalue weighted by atomic mass is 9.98. The SMILES string of the molecule is COc1c(Cl)cc(/C(O)=C2/C(=O)C(=O)N(C3CCCC3)C2c2ccco2)c(OC)c1Cl. The number of hydrogen-bond acceptors (Lipinski definition) is 6. The quantitative estimate of drug-likeness (QED) is 0.380. The van der Waals surface area contributed by atoms with Crippen LogP contribution >= 0.6 is 23.2 Å². The predicted octanol–water partition coefficient (Wildman–Crippen LogP) is 4.97. The van der Waals surface area contributed by atoms with Gasteiger partial charge in [-0.2, -0.15) is 0 Å². The molecule has 0 spiro atoms. The summed E-state index contributed by atoms with van der Waals surface area (Å²) >= 11 is 12.6. The molecule has 1 saturated heterocycles. The fourth-order valence-electron chi connectivity index (χ4n) is 4.43. The van der Waals surface area contributed by atoms with Crippen molar-refractivity contribution in [3.8, 4) is 11.5 Å². The second kappa shape index (κ2) is 8.48. The van der Waals surface area contributed by atoms with Crippen LogP contribution in [0, 0.1) is 0 Å². The molecule has 9 heteroatoms. The third-order valence-corrected chi connectivity index (χ3v) is 6.43. The first kappa shape index (κ1) is 21.6. The maximum Gasteiger partial charge on any atom is 0.296 e. The number of carbonyl (C=O) groups excluding carboxylic acids is 2. The summed E-state index contributed by atoms with van der Waals surface area (Å²) in [6.07, 6.45) is 4.97. The highest BCUT2D eigenvalue weighted by molar-refractivity contribution is 6.47. The van der Waals surface area contributed by atoms with Gasteiger partial charge in [0, 0.05) is 6.04 Å². The van der Waals surface area contributed by atoms with Gasteiger partial charge in [-0.1, -0.05) is 36.0 Å². The zero-order chi connectivity index (χ0) is 22.3. The topological polar surface area (TPSA) is 89.2 Å². The van der Waals surface area contributed by atoms with Gasteiger partial charge in [0.25, 0.3) is 11.7 Å². The van der Waals surface area contributed by atoms with Crippen LogP contribution in [0.1, 0.15) is 43.0 Å². The van der Waals surface area contributed by atoms with Gasteiger partial charge in [-0.05, 0) is 31.0 Å². The van der Waals surface area contributed by atoms with Crippen molar-refractivity contribution in [2.45, 2.75) is 37.8 Å². The molecule has 2 aliphatic rings. The molecule has 1 amide bonds. The minimum absolute atomic E-state index is 0.0404. The molecule has 0 bridgehead atoms. The molecule has 2 fully saturated rings. The molecule has 1 aromatic carbocycles. The van der Waals surface area contributed by atoms with Crippen LogP contribution in [-0.4, -0.2) is 42.0 Å². The zero-order valence-corrected chi connectivity index (χ0v) is 18.5. The molecule has 7 nitrogen and oxygen atoms in total. The Labute approximate surface area is 189 Å². The van der Waals surface area contributed by atoms with Gasteiger partial charge in [0.1, 0.15) is 22.6 Å². The number of likely N-dealkylation sites (tertiary alicyclic amines) is 1. The van der Waals surface area contributed by atoms with Gasteiger partial charge in [-0.3, -0.25) is 9.59 Å². The van der Waals surface area contributed by atoms with Gasteiger partial charge < -0.3 is 23.9 Å². The number of hydrogen-bond donors (Lipinski definition) is 1. The van der Waals surface area contributed by atoms with Crippen LogP contribution in [0.25, 0.3) is 5.76 Å². The third-order valence-electron chi connectivity index (χ3n) is 5.81. The average molecular weight is 466 g/mol. The third kappa shape index (κ3) is 3.46. The first-order chi connectivity index (χ1) is 14.9. The number of benzene rings is 1. The number of amides is 1. The average Bonchev–Trinajstić information content (AvgIpc) is 3.50. The number of carbonyl (C=O) groups is 2. The smallest absolute Gasteiger partial charge is 0.296 e. The molecule has 2 heterocycles. The number of Topliss-reactive ketones (excluding diaryl/α,β-unsaturated/α-hetero) is 1. The number of ketones is 1. The van der Waals surface area contributed by atoms with Crippen LogP contribution in [-0.2, 0) is 9.59 Å². The molecule has 164 valence electrons. The summed E-state index contributed by atoms with van der Waals surface area (Å²) in [4.78, 5) is 27.6. The fourth-order valence-corrected chi connectivity index (χ4v) is 5.11. The lowest BCUT2D eigenvalue weighted by molar-refractivity contribution is -0.141. The van der Waals surface area contributed by atoms with E-state index in [1.54, 1.807) is 12.1 Å². The maximum absolute atomic E-state index is 13.1. The van der Waals surface area contributed by atoms with Crippen LogP contribution in [0.3, 0.4) is 0 Å². The Balaban J connectivity index is 1.94. The molecular weight excluding hydrogens is 445 g/mol. The van der Waals surface area contributed by atoms with E-state index < -0.39 is 23.5 Å². The van der Waals surface area contributed by atoms with E-state index in [9.17, 15) is 14.7 Å². The molecule has 1 atom stereocenters. The number of rotatable bonds is 5. The van der Waals surface area contributed by atoms with E-state index in [4.69, 9.17) is 37.1 Å². The van der Waals surface area contributed by atoms with Crippen molar-refractivity contribution in [2.24, 2.45) is 0 Å². The molecule has 31 heavy (non-hydrogen) atoms. The number of aliphatic hydroxyl groups is 1. The second-order valence-corrected chi connectivity index (χ2v) is 8.23. The van der Waals surface area contributed by atoms with Crippen LogP contribution < -0.4 is 9.47 Å². The van der Waals surface area contributed by atoms with Gasteiger partial charge >= 0.3 is 0 Å². The Bertz CT molecular complexity index is 1060. The highest BCUT2D eigenvalue weighted by Crippen LogP contribution is 2.48. The van der Waals surface area contributed by atoms with E-state index in [2.05, 4.69) is 0 Å². The minimum Gasteiger partial charge on any atom is -0.507 e. The normalized spacial score (nSPS) is 21.2. The molecular formula is C22H21Cl2NO6. The second-order valence-electron chi connectivity index (χ2n) is 7.45. The molecule has 1 saturated carbocycles. The maximum atomic E-state index is 13.1. The van der Waals surface area contributed by atoms with Gasteiger partial charge in [0.05, 0.1) is 36.6 Å². The number of nitrogens with zero attached hydrogens (tertiary/aromatic N) is 1. The van der Waals surface area contributed by atoms with Crippen LogP contribution in [0.15, 0.2) is 34.5 Å². The standard InChI is InChI=1S/C22H21Cl2NO6/c1-29-20-12(10-13(23)21(30-2)16(20)24)18(26)15-17(14-8-5-9-31-14)25(22(28)19(15)27)11-6-3-4-7-11/h5,8-11,17,26H,3-4,6-7H2,1-2H3/b18-15-. The molecule has 1 unspecified atom stereocenters. The Morgan fingerprint density at radius 1 is 1.16 bits per heavy atom. The predicted molar refractivity (Wildman–Crippen MR) is 115 cm³/mol. The fraction of sp³-hybridized carbons (Fsp3) is 0.364. The molecule has 1 N–H and O–H groups in total. The summed E-state index contributed by atoms with van der Waals surface area (Å²) in [5.41, 5.74) is -0.0123. The van der Waals surface area contributed by atoms with Gasteiger partial charge in [0.15, 0.2) is 11.5 Å². The Kier molecular flexibility index (Phi) is 5.90. The summed E-state index contributed by atoms with van der Waals surface area (Å²) < 4.78 is 16.1. The van der Waals surface area contributed by atoms with Gasteiger partial charge in [0.2, 0.25) is 0 Å². The van der Waals surface area contributed by atoms with Crippen molar-refractivity contribution < 1.29 is 28.6 Å². The van der Waals surface area contributed by atoms with Crippen molar-refractivity contribution in [1.82, 2.24) is 4.90 Å². The lowest BCUT2D eigenvalue weighted by Crippen LogP contribution is -2.37. The molecule has 2 aromatic rings. The molecule has 4 rings (SSSR count). The number of halogens is 2. The zero-order valence-electron chi connectivity index (χ0n) is 17.0. The van der Waals surface area contributed by atoms with Crippen LogP contribution in [0.4, 0.5) is 0 Å². The Morgan fingerprint density at radius 2 is 1.84 bits per heavy atom. The number of methoxy groups -OCH3 is 2. The Hall–Kier alpha value is -2.64. The first-order valence-electron chi connectivity index (χ1n) is 9.84. The number of aliphatic hydroxyl groups excluding tert-OH is 1. The number of ether oxygens (including phenoxy) is 2. The number of furan rings is 1. The summed E-state index contributed by atoms with van der Waals surface area (Å²) in [5, 5.41) is 11.4. The van der Waals surface area contributed by atoms with Gasteiger partial charge in [-0.25, -0.2) is 0 Å². The molecule has 1 aromatic heterocycles. The van der Waals surface area contributed by atoms with Crippen LogP contribution in [0.5, 0.6) is 11.5 Å². The van der Waals surface area contributed by atoms with Gasteiger partial charge in [-0.15, -0.1) is 0 Å². The first-order valence-corrected chi connectivity index (χ1v) is 10.6. The summed E-state index contributed by atoms with van der Waals surface area (Å²) in [5.74, 6) is -1.27. The molecule has 1 aliphatic carbocycles. The van der Waals surface area contributed by atoms with E-state index in [1.165, 1.54) is 31.4 Å². The highest BCUT2D eigenvalue weighted by Gasteiger charge is 2.50. The highest BCUT2D eigenvalue weighted by atomic mass is 35.5. The molecule has 0 radical (unpaired) electrons. The monoisotopic (exact) mass is 465 g/mol. The summed E-state index contributed by atoms with van der Waals surface area (Å²) in [7, 11) is 2.77. The van der Waals surface area contributed by atoms with E-state index in [1.807, 2.05) is 0 Å². The Morgan fingerprint density at radius 3 is 2.42 bits per heavy atom. The summed E-state index contributed by atoms with van der Waals surface area (Å²) in [6, 6.07) is 3.77.